The van der Waals surface area contributed by atoms with Crippen molar-refractivity contribution in [1.82, 2.24) is 0 Å². The lowest BCUT2D eigenvalue weighted by molar-refractivity contribution is -0.0149. The molecule has 0 amide bonds. The Labute approximate surface area is 108 Å². The topological polar surface area (TPSA) is 9.23 Å². The van der Waals surface area contributed by atoms with Crippen molar-refractivity contribution >= 4 is 34.0 Å². The summed E-state index contributed by atoms with van der Waals surface area (Å²) in [5.41, 5.74) is 1.03. The number of benzene rings is 1. The molecule has 4 heteroatoms. The second-order valence-corrected chi connectivity index (χ2v) is 12.5. The van der Waals surface area contributed by atoms with Crippen molar-refractivity contribution in [2.24, 2.45) is 0 Å². The molecule has 0 saturated heterocycles. The van der Waals surface area contributed by atoms with Crippen molar-refractivity contribution in [2.75, 3.05) is 0 Å². The summed E-state index contributed by atoms with van der Waals surface area (Å²) in [5.74, 6) is 0. The molecule has 1 rings (SSSR count). The van der Waals surface area contributed by atoms with Gasteiger partial charge in [-0.1, -0.05) is 24.3 Å². The van der Waals surface area contributed by atoms with Crippen LogP contribution in [0.25, 0.3) is 0 Å². The third-order valence-electron chi connectivity index (χ3n) is 2.13. The van der Waals surface area contributed by atoms with Crippen molar-refractivity contribution in [3.8, 4) is 0 Å². The van der Waals surface area contributed by atoms with Crippen molar-refractivity contribution < 1.29 is 4.74 Å². The van der Waals surface area contributed by atoms with Crippen LogP contribution in [0.5, 0.6) is 0 Å². The molecule has 0 aliphatic rings. The van der Waals surface area contributed by atoms with Crippen molar-refractivity contribution in [2.45, 2.75) is 39.5 Å². The molecule has 0 atom stereocenters. The van der Waals surface area contributed by atoms with E-state index in [4.69, 9.17) is 26.9 Å². The van der Waals surface area contributed by atoms with Crippen LogP contribution in [-0.4, -0.2) is 12.3 Å². The van der Waals surface area contributed by atoms with Gasteiger partial charge in [0.1, 0.15) is 0 Å². The molecule has 0 spiro atoms. The Bertz CT molecular complexity index is 336. The first-order valence-electron chi connectivity index (χ1n) is 5.30. The lowest BCUT2D eigenvalue weighted by Crippen LogP contribution is -2.32. The first-order chi connectivity index (χ1) is 7.18. The van der Waals surface area contributed by atoms with E-state index < -0.39 is 6.69 Å². The maximum absolute atomic E-state index is 6.13. The van der Waals surface area contributed by atoms with Crippen LogP contribution in [0.2, 0.25) is 6.55 Å². The predicted molar refractivity (Wildman–Crippen MR) is 73.9 cm³/mol. The van der Waals surface area contributed by atoms with Crippen LogP contribution in [0.4, 0.5) is 0 Å². The molecule has 1 aromatic carbocycles. The Hall–Kier alpha value is -0.0231. The highest BCUT2D eigenvalue weighted by molar-refractivity contribution is 7.50. The van der Waals surface area contributed by atoms with Crippen LogP contribution in [0.1, 0.15) is 26.3 Å². The second-order valence-electron chi connectivity index (χ2n) is 4.99. The Kier molecular flexibility index (Phi) is 4.47. The van der Waals surface area contributed by atoms with E-state index >= 15 is 0 Å². The average molecular weight is 277 g/mol. The molecule has 0 saturated carbocycles. The molecule has 0 aliphatic heterocycles. The summed E-state index contributed by atoms with van der Waals surface area (Å²) in [6, 6.07) is 8.04. The fourth-order valence-electron chi connectivity index (χ4n) is 1.19. The van der Waals surface area contributed by atoms with E-state index in [0.29, 0.717) is 6.61 Å². The maximum atomic E-state index is 6.13. The Balaban J connectivity index is 2.66. The molecule has 0 bridgehead atoms. The fourth-order valence-corrected chi connectivity index (χ4v) is 2.70. The maximum Gasteiger partial charge on any atom is 0.277 e. The summed E-state index contributed by atoms with van der Waals surface area (Å²) in [5, 5.41) is 1.04. The summed E-state index contributed by atoms with van der Waals surface area (Å²) in [4.78, 5) is 0. The van der Waals surface area contributed by atoms with E-state index in [1.807, 2.05) is 51.6 Å². The van der Waals surface area contributed by atoms with Crippen LogP contribution < -0.4 is 5.19 Å². The summed E-state index contributed by atoms with van der Waals surface area (Å²) >= 11 is 12.3. The quantitative estimate of drug-likeness (QED) is 0.604. The van der Waals surface area contributed by atoms with Gasteiger partial charge in [-0.25, -0.2) is 0 Å². The molecule has 16 heavy (non-hydrogen) atoms. The van der Waals surface area contributed by atoms with Crippen molar-refractivity contribution in [1.29, 1.82) is 0 Å². The van der Waals surface area contributed by atoms with Gasteiger partial charge in [-0.3, -0.25) is 0 Å². The third-order valence-corrected chi connectivity index (χ3v) is 4.79. The van der Waals surface area contributed by atoms with Gasteiger partial charge in [0.15, 0.2) is 0 Å². The van der Waals surface area contributed by atoms with Crippen molar-refractivity contribution in [3.05, 3.63) is 29.8 Å². The molecule has 1 aromatic rings. The van der Waals surface area contributed by atoms with Gasteiger partial charge in [0.25, 0.3) is 6.69 Å². The first kappa shape index (κ1) is 14.0. The number of hydrogen-bond acceptors (Lipinski definition) is 1. The normalized spacial score (nSPS) is 12.9. The van der Waals surface area contributed by atoms with Gasteiger partial charge in [0.05, 0.1) is 12.2 Å². The molecule has 0 N–H and O–H groups in total. The van der Waals surface area contributed by atoms with Crippen LogP contribution >= 0.6 is 22.2 Å². The lowest BCUT2D eigenvalue weighted by Gasteiger charge is -2.19. The van der Waals surface area contributed by atoms with E-state index in [-0.39, 0.29) is 5.60 Å². The Morgan fingerprint density at radius 3 is 2.00 bits per heavy atom. The van der Waals surface area contributed by atoms with E-state index in [9.17, 15) is 0 Å². The molecule has 0 radical (unpaired) electrons. The third kappa shape index (κ3) is 4.87. The molecule has 0 aromatic heterocycles. The minimum Gasteiger partial charge on any atom is -0.371 e. The monoisotopic (exact) mass is 276 g/mol. The first-order valence-corrected chi connectivity index (χ1v) is 9.82. The van der Waals surface area contributed by atoms with Gasteiger partial charge in [-0.05, 0) is 38.1 Å². The highest BCUT2D eigenvalue weighted by Gasteiger charge is 2.23. The van der Waals surface area contributed by atoms with Gasteiger partial charge < -0.3 is 4.74 Å². The predicted octanol–water partition coefficient (Wildman–Crippen LogP) is 3.76. The van der Waals surface area contributed by atoms with Gasteiger partial charge in [-0.15, -0.1) is 22.2 Å². The number of hydrogen-bond donors (Lipinski definition) is 0. The SMILES string of the molecule is CC(C)(C)OCc1ccc([Si](C)(Cl)Cl)cc1. The van der Waals surface area contributed by atoms with Crippen molar-refractivity contribution in [3.63, 3.8) is 0 Å². The van der Waals surface area contributed by atoms with Gasteiger partial charge >= 0.3 is 0 Å². The minimum atomic E-state index is -2.21. The van der Waals surface area contributed by atoms with Crippen LogP contribution in [-0.2, 0) is 11.3 Å². The zero-order chi connectivity index (χ0) is 12.4. The van der Waals surface area contributed by atoms with E-state index in [2.05, 4.69) is 0 Å². The molecule has 0 heterocycles. The molecule has 90 valence electrons. The number of ether oxygens (including phenoxy) is 1. The molecule has 0 aliphatic carbocycles. The van der Waals surface area contributed by atoms with Crippen LogP contribution in [0.3, 0.4) is 0 Å². The summed E-state index contributed by atoms with van der Waals surface area (Å²) < 4.78 is 5.69. The highest BCUT2D eigenvalue weighted by Crippen LogP contribution is 2.15. The minimum absolute atomic E-state index is 0.110. The van der Waals surface area contributed by atoms with Crippen LogP contribution in [0.15, 0.2) is 24.3 Å². The van der Waals surface area contributed by atoms with E-state index in [0.717, 1.165) is 10.8 Å². The molecule has 0 fully saturated rings. The van der Waals surface area contributed by atoms with E-state index in [1.165, 1.54) is 0 Å². The van der Waals surface area contributed by atoms with Gasteiger partial charge in [0, 0.05) is 0 Å². The average Bonchev–Trinajstić information content (AvgIpc) is 2.13. The second kappa shape index (κ2) is 5.09. The summed E-state index contributed by atoms with van der Waals surface area (Å²) in [6.07, 6.45) is 0. The standard InChI is InChI=1S/C12H18Cl2OSi/c1-12(2,3)15-9-10-5-7-11(8-6-10)16(4,13)14/h5-8H,9H2,1-4H3. The summed E-state index contributed by atoms with van der Waals surface area (Å²) in [6.45, 7) is 6.44. The molecular formula is C12H18Cl2OSi. The fraction of sp³-hybridized carbons (Fsp3) is 0.500. The molecular weight excluding hydrogens is 259 g/mol. The number of halogens is 2. The smallest absolute Gasteiger partial charge is 0.277 e. The summed E-state index contributed by atoms with van der Waals surface area (Å²) in [7, 11) is 0. The van der Waals surface area contributed by atoms with Gasteiger partial charge in [-0.2, -0.15) is 0 Å². The lowest BCUT2D eigenvalue weighted by atomic mass is 10.2. The highest BCUT2D eigenvalue weighted by atomic mass is 35.7. The largest absolute Gasteiger partial charge is 0.371 e. The van der Waals surface area contributed by atoms with Gasteiger partial charge in [0.2, 0.25) is 0 Å². The zero-order valence-corrected chi connectivity index (χ0v) is 12.7. The van der Waals surface area contributed by atoms with Crippen LogP contribution in [0, 0.1) is 0 Å². The van der Waals surface area contributed by atoms with E-state index in [1.54, 1.807) is 0 Å². The Morgan fingerprint density at radius 1 is 1.12 bits per heavy atom. The number of rotatable bonds is 3. The molecule has 1 nitrogen and oxygen atoms in total. The Morgan fingerprint density at radius 2 is 1.62 bits per heavy atom. The molecule has 0 unspecified atom stereocenters. The zero-order valence-electron chi connectivity index (χ0n) is 10.2.